The van der Waals surface area contributed by atoms with E-state index in [4.69, 9.17) is 27.9 Å². The van der Waals surface area contributed by atoms with Gasteiger partial charge in [0, 0.05) is 5.69 Å². The van der Waals surface area contributed by atoms with Crippen LogP contribution in [0.15, 0.2) is 42.5 Å². The van der Waals surface area contributed by atoms with Crippen molar-refractivity contribution in [3.63, 3.8) is 0 Å². The van der Waals surface area contributed by atoms with E-state index >= 15 is 0 Å². The molecule has 2 aromatic rings. The van der Waals surface area contributed by atoms with Crippen LogP contribution in [0.5, 0.6) is 0 Å². The summed E-state index contributed by atoms with van der Waals surface area (Å²) in [5, 5.41) is 3.08. The lowest BCUT2D eigenvalue weighted by Crippen LogP contribution is -2.21. The first-order chi connectivity index (χ1) is 11.0. The molecule has 0 aromatic heterocycles. The van der Waals surface area contributed by atoms with Crippen molar-refractivity contribution in [2.45, 2.75) is 13.3 Å². The number of nitrogens with one attached hydrogen (secondary N) is 1. The Labute approximate surface area is 144 Å². The van der Waals surface area contributed by atoms with E-state index in [2.05, 4.69) is 5.32 Å². The lowest BCUT2D eigenvalue weighted by molar-refractivity contribution is -0.119. The second-order valence-electron chi connectivity index (χ2n) is 4.74. The maximum Gasteiger partial charge on any atom is 0.340 e. The fourth-order valence-electron chi connectivity index (χ4n) is 2.01. The molecule has 0 aliphatic carbocycles. The summed E-state index contributed by atoms with van der Waals surface area (Å²) in [4.78, 5) is 23.9. The highest BCUT2D eigenvalue weighted by Gasteiger charge is 2.15. The number of hydrogen-bond acceptors (Lipinski definition) is 3. The second-order valence-corrected chi connectivity index (χ2v) is 5.52. The van der Waals surface area contributed by atoms with Crippen LogP contribution in [0, 0.1) is 0 Å². The fourth-order valence-corrected chi connectivity index (χ4v) is 2.38. The number of carbonyl (C=O) groups excluding carboxylic acids is 2. The highest BCUT2D eigenvalue weighted by molar-refractivity contribution is 6.43. The zero-order chi connectivity index (χ0) is 16.8. The molecule has 120 valence electrons. The standard InChI is InChI=1S/C17H15Cl2NO3/c1-2-11-6-3-4-9-14(11)20-15(21)10-23-17(22)12-7-5-8-13(18)16(12)19/h3-9H,2,10H2,1H3,(H,20,21). The molecule has 2 rings (SSSR count). The van der Waals surface area contributed by atoms with Gasteiger partial charge in [-0.2, -0.15) is 0 Å². The minimum atomic E-state index is -0.698. The van der Waals surface area contributed by atoms with Crippen LogP contribution in [0.4, 0.5) is 5.69 Å². The topological polar surface area (TPSA) is 55.4 Å². The van der Waals surface area contributed by atoms with Crippen molar-refractivity contribution in [2.75, 3.05) is 11.9 Å². The van der Waals surface area contributed by atoms with Crippen LogP contribution in [0.25, 0.3) is 0 Å². The molecule has 6 heteroatoms. The van der Waals surface area contributed by atoms with Gasteiger partial charge in [-0.05, 0) is 30.2 Å². The minimum absolute atomic E-state index is 0.107. The Balaban J connectivity index is 1.96. The number of carbonyl (C=O) groups is 2. The zero-order valence-electron chi connectivity index (χ0n) is 12.4. The zero-order valence-corrected chi connectivity index (χ0v) is 13.9. The second kappa shape index (κ2) is 7.99. The predicted octanol–water partition coefficient (Wildman–Crippen LogP) is 4.35. The molecule has 0 heterocycles. The number of para-hydroxylation sites is 1. The van der Waals surface area contributed by atoms with E-state index in [1.807, 2.05) is 25.1 Å². The monoisotopic (exact) mass is 351 g/mol. The van der Waals surface area contributed by atoms with E-state index in [-0.39, 0.29) is 15.6 Å². The lowest BCUT2D eigenvalue weighted by Gasteiger charge is -2.10. The molecule has 23 heavy (non-hydrogen) atoms. The first-order valence-electron chi connectivity index (χ1n) is 7.01. The van der Waals surface area contributed by atoms with Gasteiger partial charge in [0.05, 0.1) is 15.6 Å². The van der Waals surface area contributed by atoms with Gasteiger partial charge in [-0.25, -0.2) is 4.79 Å². The number of esters is 1. The molecule has 0 aliphatic heterocycles. The van der Waals surface area contributed by atoms with Crippen LogP contribution in [0.1, 0.15) is 22.8 Å². The van der Waals surface area contributed by atoms with E-state index in [0.717, 1.165) is 12.0 Å². The average Bonchev–Trinajstić information content (AvgIpc) is 2.55. The number of aryl methyl sites for hydroxylation is 1. The van der Waals surface area contributed by atoms with Crippen LogP contribution < -0.4 is 5.32 Å². The van der Waals surface area contributed by atoms with Gasteiger partial charge in [0.1, 0.15) is 0 Å². The first-order valence-corrected chi connectivity index (χ1v) is 7.77. The molecular weight excluding hydrogens is 337 g/mol. The van der Waals surface area contributed by atoms with E-state index in [1.165, 1.54) is 6.07 Å². The summed E-state index contributed by atoms with van der Waals surface area (Å²) in [6, 6.07) is 12.1. The Bertz CT molecular complexity index is 732. The summed E-state index contributed by atoms with van der Waals surface area (Å²) in [7, 11) is 0. The number of rotatable bonds is 5. The molecule has 0 saturated carbocycles. The van der Waals surface area contributed by atoms with Crippen LogP contribution in [0.2, 0.25) is 10.0 Å². The molecule has 0 aliphatic rings. The van der Waals surface area contributed by atoms with Crippen molar-refractivity contribution in [2.24, 2.45) is 0 Å². The Kier molecular flexibility index (Phi) is 6.02. The van der Waals surface area contributed by atoms with Gasteiger partial charge in [0.25, 0.3) is 5.91 Å². The number of hydrogen-bond donors (Lipinski definition) is 1. The molecule has 0 fully saturated rings. The van der Waals surface area contributed by atoms with Crippen LogP contribution in [-0.4, -0.2) is 18.5 Å². The Morgan fingerprint density at radius 2 is 1.83 bits per heavy atom. The quantitative estimate of drug-likeness (QED) is 0.814. The SMILES string of the molecule is CCc1ccccc1NC(=O)COC(=O)c1cccc(Cl)c1Cl. The molecule has 0 spiro atoms. The number of anilines is 1. The highest BCUT2D eigenvalue weighted by Crippen LogP contribution is 2.26. The van der Waals surface area contributed by atoms with Crippen molar-refractivity contribution in [1.82, 2.24) is 0 Å². The van der Waals surface area contributed by atoms with Gasteiger partial charge in [-0.3, -0.25) is 4.79 Å². The molecular formula is C17H15Cl2NO3. The Morgan fingerprint density at radius 1 is 1.09 bits per heavy atom. The third kappa shape index (κ3) is 4.47. The highest BCUT2D eigenvalue weighted by atomic mass is 35.5. The molecule has 2 aromatic carbocycles. The maximum absolute atomic E-state index is 12.0. The van der Waals surface area contributed by atoms with Gasteiger partial charge in [-0.15, -0.1) is 0 Å². The van der Waals surface area contributed by atoms with Gasteiger partial charge in [0.15, 0.2) is 6.61 Å². The van der Waals surface area contributed by atoms with E-state index in [1.54, 1.807) is 18.2 Å². The number of ether oxygens (including phenoxy) is 1. The summed E-state index contributed by atoms with van der Waals surface area (Å²) in [6.45, 7) is 1.59. The van der Waals surface area contributed by atoms with Crippen molar-refractivity contribution in [1.29, 1.82) is 0 Å². The summed E-state index contributed by atoms with van der Waals surface area (Å²) in [5.74, 6) is -1.12. The predicted molar refractivity (Wildman–Crippen MR) is 91.2 cm³/mol. The van der Waals surface area contributed by atoms with Crippen LogP contribution in [-0.2, 0) is 16.0 Å². The summed E-state index contributed by atoms with van der Waals surface area (Å²) >= 11 is 11.8. The normalized spacial score (nSPS) is 10.2. The maximum atomic E-state index is 12.0. The third-order valence-electron chi connectivity index (χ3n) is 3.18. The Morgan fingerprint density at radius 3 is 2.57 bits per heavy atom. The molecule has 0 bridgehead atoms. The molecule has 4 nitrogen and oxygen atoms in total. The van der Waals surface area contributed by atoms with Gasteiger partial charge in [0.2, 0.25) is 0 Å². The van der Waals surface area contributed by atoms with E-state index in [9.17, 15) is 9.59 Å². The molecule has 1 N–H and O–H groups in total. The van der Waals surface area contributed by atoms with E-state index < -0.39 is 18.5 Å². The van der Waals surface area contributed by atoms with Crippen LogP contribution >= 0.6 is 23.2 Å². The molecule has 0 unspecified atom stereocenters. The van der Waals surface area contributed by atoms with Crippen molar-refractivity contribution in [3.05, 3.63) is 63.6 Å². The fraction of sp³-hybridized carbons (Fsp3) is 0.176. The molecule has 0 radical (unpaired) electrons. The van der Waals surface area contributed by atoms with E-state index in [0.29, 0.717) is 5.69 Å². The average molecular weight is 352 g/mol. The van der Waals surface area contributed by atoms with Gasteiger partial charge in [-0.1, -0.05) is 54.4 Å². The summed E-state index contributed by atoms with van der Waals surface area (Å²) in [5.41, 5.74) is 1.84. The Hall–Kier alpha value is -2.04. The van der Waals surface area contributed by atoms with Gasteiger partial charge >= 0.3 is 5.97 Å². The lowest BCUT2D eigenvalue weighted by atomic mass is 10.1. The largest absolute Gasteiger partial charge is 0.452 e. The first kappa shape index (κ1) is 17.3. The summed E-state index contributed by atoms with van der Waals surface area (Å²) < 4.78 is 4.98. The summed E-state index contributed by atoms with van der Waals surface area (Å²) in [6.07, 6.45) is 0.786. The third-order valence-corrected chi connectivity index (χ3v) is 4.00. The van der Waals surface area contributed by atoms with Crippen LogP contribution in [0.3, 0.4) is 0 Å². The molecule has 0 saturated heterocycles. The number of benzene rings is 2. The van der Waals surface area contributed by atoms with Gasteiger partial charge < -0.3 is 10.1 Å². The minimum Gasteiger partial charge on any atom is -0.452 e. The number of amides is 1. The van der Waals surface area contributed by atoms with Crippen molar-refractivity contribution < 1.29 is 14.3 Å². The molecule has 0 atom stereocenters. The molecule has 1 amide bonds. The van der Waals surface area contributed by atoms with Crippen molar-refractivity contribution >= 4 is 40.8 Å². The smallest absolute Gasteiger partial charge is 0.340 e. The van der Waals surface area contributed by atoms with Crippen molar-refractivity contribution in [3.8, 4) is 0 Å². The number of halogens is 2.